The molecule has 0 saturated heterocycles. The molecule has 6 aromatic carbocycles. The first kappa shape index (κ1) is 50.5. The number of aromatic nitrogens is 6. The molecule has 0 spiro atoms. The number of fused-ring (bicyclic) bond motifs is 2. The highest BCUT2D eigenvalue weighted by molar-refractivity contribution is 6.20. The average molecular weight is 943 g/mol. The summed E-state index contributed by atoms with van der Waals surface area (Å²) >= 11 is 0. The van der Waals surface area contributed by atoms with Crippen LogP contribution in [-0.2, 0) is 35.2 Å². The number of esters is 2. The molecule has 16 nitrogen and oxygen atoms in total. The molecule has 8 aromatic rings. The normalized spacial score (nSPS) is 11.2. The van der Waals surface area contributed by atoms with Gasteiger partial charge in [-0.2, -0.15) is 0 Å². The SMILES string of the molecule is COC(=O)/C(=C\c1ccc(N(C)C)cc1)C(C)=O.COC(=O)/C(=C\c1ccc(N(C)Cc2cc(C)cc(-n3nc4ccccc4n3)c2O)cc1)C(C)=O.Cc1ccc(O)c(-n2nc3ccccc3n2)c1. The van der Waals surface area contributed by atoms with Crippen molar-refractivity contribution in [2.75, 3.05) is 45.2 Å². The van der Waals surface area contributed by atoms with Crippen LogP contribution in [-0.4, -0.2) is 99.1 Å². The van der Waals surface area contributed by atoms with Crippen LogP contribution in [0.25, 0.3) is 45.6 Å². The Bertz CT molecular complexity index is 3180. The lowest BCUT2D eigenvalue weighted by Gasteiger charge is -2.21. The van der Waals surface area contributed by atoms with Gasteiger partial charge < -0.3 is 29.5 Å². The summed E-state index contributed by atoms with van der Waals surface area (Å²) in [6.07, 6.45) is 3.05. The molecule has 0 atom stereocenters. The largest absolute Gasteiger partial charge is 0.506 e. The van der Waals surface area contributed by atoms with Crippen LogP contribution >= 0.6 is 0 Å². The maximum atomic E-state index is 11.8. The van der Waals surface area contributed by atoms with Gasteiger partial charge in [-0.15, -0.1) is 30.0 Å². The lowest BCUT2D eigenvalue weighted by molar-refractivity contribution is -0.138. The van der Waals surface area contributed by atoms with Gasteiger partial charge in [-0.1, -0.05) is 60.7 Å². The monoisotopic (exact) mass is 942 g/mol. The van der Waals surface area contributed by atoms with Crippen molar-refractivity contribution in [1.82, 2.24) is 30.0 Å². The van der Waals surface area contributed by atoms with E-state index in [9.17, 15) is 29.4 Å². The number of aryl methyl sites for hydroxylation is 2. The molecule has 0 saturated carbocycles. The first-order valence-corrected chi connectivity index (χ1v) is 21.9. The minimum absolute atomic E-state index is 0.00860. The van der Waals surface area contributed by atoms with Crippen molar-refractivity contribution < 1.29 is 38.9 Å². The molecule has 70 heavy (non-hydrogen) atoms. The molecular formula is C54H54N8O8. The van der Waals surface area contributed by atoms with Crippen molar-refractivity contribution in [2.24, 2.45) is 0 Å². The van der Waals surface area contributed by atoms with Gasteiger partial charge >= 0.3 is 11.9 Å². The van der Waals surface area contributed by atoms with Gasteiger partial charge in [0.05, 0.1) is 14.2 Å². The van der Waals surface area contributed by atoms with E-state index in [1.165, 1.54) is 49.8 Å². The molecule has 358 valence electrons. The van der Waals surface area contributed by atoms with Gasteiger partial charge in [0.25, 0.3) is 0 Å². The molecule has 0 unspecified atom stereocenters. The van der Waals surface area contributed by atoms with Crippen molar-refractivity contribution in [3.63, 3.8) is 0 Å². The number of ketones is 2. The Balaban J connectivity index is 0.000000192. The third-order valence-corrected chi connectivity index (χ3v) is 10.8. The molecule has 0 amide bonds. The number of hydrogen-bond donors (Lipinski definition) is 2. The molecular weight excluding hydrogens is 889 g/mol. The maximum absolute atomic E-state index is 11.8. The number of methoxy groups -OCH3 is 2. The first-order valence-electron chi connectivity index (χ1n) is 21.9. The van der Waals surface area contributed by atoms with Gasteiger partial charge in [0, 0.05) is 44.6 Å². The van der Waals surface area contributed by atoms with Crippen LogP contribution in [0.5, 0.6) is 11.5 Å². The Morgan fingerprint density at radius 2 is 0.971 bits per heavy atom. The Morgan fingerprint density at radius 3 is 1.39 bits per heavy atom. The van der Waals surface area contributed by atoms with Crippen molar-refractivity contribution in [3.8, 4) is 22.9 Å². The number of ether oxygens (including phenoxy) is 2. The summed E-state index contributed by atoms with van der Waals surface area (Å²) in [5, 5.41) is 38.5. The zero-order valence-corrected chi connectivity index (χ0v) is 40.4. The van der Waals surface area contributed by atoms with E-state index in [4.69, 9.17) is 0 Å². The fraction of sp³-hybridized carbons (Fsp3) is 0.185. The van der Waals surface area contributed by atoms with Gasteiger partial charge in [0.15, 0.2) is 11.6 Å². The zero-order chi connectivity index (χ0) is 50.6. The van der Waals surface area contributed by atoms with E-state index in [1.54, 1.807) is 6.07 Å². The van der Waals surface area contributed by atoms with Crippen molar-refractivity contribution in [2.45, 2.75) is 34.2 Å². The Kier molecular flexibility index (Phi) is 16.4. The number of carbonyl (C=O) groups excluding carboxylic acids is 4. The molecule has 0 radical (unpaired) electrons. The summed E-state index contributed by atoms with van der Waals surface area (Å²) in [6, 6.07) is 39.3. The number of Topliss-reactive ketones (excluding diaryl/α,β-unsaturated/α-hetero) is 2. The Morgan fingerprint density at radius 1 is 0.557 bits per heavy atom. The number of phenols is 2. The van der Waals surface area contributed by atoms with Crippen molar-refractivity contribution in [3.05, 3.63) is 166 Å². The van der Waals surface area contributed by atoms with Crippen LogP contribution in [0.15, 0.2) is 139 Å². The van der Waals surface area contributed by atoms with Crippen LogP contribution in [0.1, 0.15) is 41.7 Å². The third kappa shape index (κ3) is 12.5. The van der Waals surface area contributed by atoms with Crippen molar-refractivity contribution in [1.29, 1.82) is 0 Å². The summed E-state index contributed by atoms with van der Waals surface area (Å²) < 4.78 is 9.25. The number of hydrogen-bond acceptors (Lipinski definition) is 14. The summed E-state index contributed by atoms with van der Waals surface area (Å²) in [7, 11) is 8.31. The van der Waals surface area contributed by atoms with Gasteiger partial charge in [0.1, 0.15) is 56.1 Å². The number of anilines is 2. The van der Waals surface area contributed by atoms with E-state index in [-0.39, 0.29) is 34.2 Å². The molecule has 16 heteroatoms. The van der Waals surface area contributed by atoms with Crippen molar-refractivity contribution >= 4 is 69.1 Å². The van der Waals surface area contributed by atoms with Crippen LogP contribution in [0, 0.1) is 13.8 Å². The molecule has 0 fully saturated rings. The average Bonchev–Trinajstić information content (AvgIpc) is 3.99. The highest BCUT2D eigenvalue weighted by Gasteiger charge is 2.18. The fourth-order valence-electron chi connectivity index (χ4n) is 7.04. The van der Waals surface area contributed by atoms with Crippen LogP contribution in [0.4, 0.5) is 11.4 Å². The molecule has 2 heterocycles. The second kappa shape index (κ2) is 22.7. The van der Waals surface area contributed by atoms with Gasteiger partial charge in [-0.05, 0) is 129 Å². The lowest BCUT2D eigenvalue weighted by Crippen LogP contribution is -2.17. The fourth-order valence-corrected chi connectivity index (χ4v) is 7.04. The standard InChI is InChI=1S/C27H26N4O4.C14H17NO3.C13H11N3O/c1-17-13-20(26(33)25(14-17)31-28-23-7-5-6-8-24(23)29-31)16-30(3)21-11-9-19(10-12-21)15-22(18(2)32)27(34)35-4;1-10(16)13(14(17)18-4)9-11-5-7-12(8-6-11)15(2)3;1-9-6-7-13(17)12(8-9)16-14-10-4-2-3-5-11(10)15-16/h5-15,33H,16H2,1-4H3;5-9H,1-4H3;2-8,17H,1H3/b22-15-;13-9-;. The molecule has 0 bridgehead atoms. The van der Waals surface area contributed by atoms with E-state index in [0.717, 1.165) is 55.7 Å². The van der Waals surface area contributed by atoms with E-state index < -0.39 is 11.9 Å². The molecule has 0 aliphatic rings. The van der Waals surface area contributed by atoms with Gasteiger partial charge in [0.2, 0.25) is 0 Å². The second-order valence-electron chi connectivity index (χ2n) is 16.4. The summed E-state index contributed by atoms with van der Waals surface area (Å²) in [5.74, 6) is -1.65. The van der Waals surface area contributed by atoms with Crippen LogP contribution < -0.4 is 9.80 Å². The molecule has 0 aliphatic heterocycles. The molecule has 2 N–H and O–H groups in total. The van der Waals surface area contributed by atoms with E-state index in [1.807, 2.05) is 166 Å². The third-order valence-electron chi connectivity index (χ3n) is 10.8. The van der Waals surface area contributed by atoms with E-state index in [0.29, 0.717) is 23.5 Å². The number of nitrogens with zero attached hydrogens (tertiary/aromatic N) is 8. The zero-order valence-electron chi connectivity index (χ0n) is 40.4. The summed E-state index contributed by atoms with van der Waals surface area (Å²) in [4.78, 5) is 53.2. The lowest BCUT2D eigenvalue weighted by atomic mass is 10.1. The highest BCUT2D eigenvalue weighted by Crippen LogP contribution is 2.30. The first-order chi connectivity index (χ1) is 33.5. The minimum atomic E-state index is -0.663. The maximum Gasteiger partial charge on any atom is 0.341 e. The van der Waals surface area contributed by atoms with Crippen LogP contribution in [0.3, 0.4) is 0 Å². The predicted octanol–water partition coefficient (Wildman–Crippen LogP) is 8.55. The molecule has 0 aliphatic carbocycles. The number of aromatic hydroxyl groups is 2. The predicted molar refractivity (Wildman–Crippen MR) is 271 cm³/mol. The summed E-state index contributed by atoms with van der Waals surface area (Å²) in [6.45, 7) is 7.04. The Hall–Kier alpha value is -8.92. The number of rotatable bonds is 12. The highest BCUT2D eigenvalue weighted by atomic mass is 16.5. The Labute approximate surface area is 405 Å². The molecule has 2 aromatic heterocycles. The molecule has 8 rings (SSSR count). The van der Waals surface area contributed by atoms with Gasteiger partial charge in [-0.3, -0.25) is 9.59 Å². The van der Waals surface area contributed by atoms with E-state index in [2.05, 4.69) is 29.9 Å². The van der Waals surface area contributed by atoms with Crippen LogP contribution in [0.2, 0.25) is 0 Å². The van der Waals surface area contributed by atoms with E-state index >= 15 is 0 Å². The number of carbonyl (C=O) groups is 4. The minimum Gasteiger partial charge on any atom is -0.506 e. The number of benzene rings is 6. The topological polar surface area (TPSA) is 195 Å². The smallest absolute Gasteiger partial charge is 0.341 e. The van der Waals surface area contributed by atoms with Gasteiger partial charge in [-0.25, -0.2) is 9.59 Å². The number of phenolic OH excluding ortho intramolecular Hbond substituents is 2. The second-order valence-corrected chi connectivity index (χ2v) is 16.4. The quantitative estimate of drug-likeness (QED) is 0.0512. The summed E-state index contributed by atoms with van der Waals surface area (Å²) in [5.41, 5.74) is 10.5.